The van der Waals surface area contributed by atoms with Crippen LogP contribution in [0.2, 0.25) is 0 Å². The molecule has 0 unspecified atom stereocenters. The summed E-state index contributed by atoms with van der Waals surface area (Å²) in [6.45, 7) is 4.12. The molecule has 1 saturated heterocycles. The summed E-state index contributed by atoms with van der Waals surface area (Å²) in [7, 11) is 0. The Morgan fingerprint density at radius 3 is 2.86 bits per heavy atom. The molecule has 2 aromatic rings. The van der Waals surface area contributed by atoms with E-state index in [1.54, 1.807) is 18.3 Å². The molecule has 116 valence electrons. The van der Waals surface area contributed by atoms with Gasteiger partial charge in [0.05, 0.1) is 19.3 Å². The van der Waals surface area contributed by atoms with Gasteiger partial charge >= 0.3 is 0 Å². The highest BCUT2D eigenvalue weighted by Crippen LogP contribution is 2.12. The zero-order valence-corrected chi connectivity index (χ0v) is 12.4. The van der Waals surface area contributed by atoms with Crippen molar-refractivity contribution in [2.24, 2.45) is 5.73 Å². The fourth-order valence-corrected chi connectivity index (χ4v) is 2.68. The number of carbonyl (C=O) groups excluding carboxylic acids is 1. The number of nitrogens with two attached hydrogens (primary N) is 1. The van der Waals surface area contributed by atoms with E-state index in [0.717, 1.165) is 32.8 Å². The lowest BCUT2D eigenvalue weighted by molar-refractivity contribution is -0.0402. The van der Waals surface area contributed by atoms with Crippen LogP contribution in [0.3, 0.4) is 0 Å². The highest BCUT2D eigenvalue weighted by atomic mass is 16.5. The maximum atomic E-state index is 11.1. The van der Waals surface area contributed by atoms with Crippen molar-refractivity contribution in [2.45, 2.75) is 19.2 Å². The van der Waals surface area contributed by atoms with Crippen LogP contribution in [-0.2, 0) is 17.8 Å². The fourth-order valence-electron chi connectivity index (χ4n) is 2.68. The van der Waals surface area contributed by atoms with Crippen molar-refractivity contribution in [3.63, 3.8) is 0 Å². The van der Waals surface area contributed by atoms with E-state index < -0.39 is 5.91 Å². The molecule has 0 radical (unpaired) electrons. The van der Waals surface area contributed by atoms with Crippen molar-refractivity contribution in [3.8, 4) is 0 Å². The molecule has 1 aliphatic heterocycles. The van der Waals surface area contributed by atoms with Crippen LogP contribution in [0, 0.1) is 0 Å². The van der Waals surface area contributed by atoms with Crippen LogP contribution in [0.15, 0.2) is 42.7 Å². The van der Waals surface area contributed by atoms with Crippen molar-refractivity contribution in [1.82, 2.24) is 14.7 Å². The maximum absolute atomic E-state index is 11.1. The molecule has 0 spiro atoms. The highest BCUT2D eigenvalue weighted by Gasteiger charge is 2.21. The van der Waals surface area contributed by atoms with Crippen LogP contribution in [0.4, 0.5) is 0 Å². The van der Waals surface area contributed by atoms with Crippen LogP contribution in [-0.4, -0.2) is 46.4 Å². The first-order valence-corrected chi connectivity index (χ1v) is 7.41. The molecule has 6 nitrogen and oxygen atoms in total. The molecule has 6 heteroatoms. The molecule has 22 heavy (non-hydrogen) atoms. The Labute approximate surface area is 129 Å². The first-order chi connectivity index (χ1) is 10.7. The van der Waals surface area contributed by atoms with Gasteiger partial charge in [0, 0.05) is 37.6 Å². The van der Waals surface area contributed by atoms with Gasteiger partial charge in [-0.15, -0.1) is 0 Å². The number of primary amides is 1. The molecule has 0 aliphatic carbocycles. The van der Waals surface area contributed by atoms with E-state index in [-0.39, 0.29) is 6.10 Å². The summed E-state index contributed by atoms with van der Waals surface area (Å²) in [4.78, 5) is 13.4. The number of rotatable bonds is 5. The van der Waals surface area contributed by atoms with E-state index in [0.29, 0.717) is 5.56 Å². The lowest BCUT2D eigenvalue weighted by Gasteiger charge is -2.32. The van der Waals surface area contributed by atoms with Crippen molar-refractivity contribution < 1.29 is 9.53 Å². The standard InChI is InChI=1S/C16H20N4O2/c17-16(21)14-4-2-13(3-5-14)10-19-8-9-22-15(11-19)12-20-7-1-6-18-20/h1-7,15H,8-12H2,(H2,17,21)/t15-/m0/s1. The maximum Gasteiger partial charge on any atom is 0.248 e. The zero-order chi connectivity index (χ0) is 15.4. The Balaban J connectivity index is 1.56. The second-order valence-electron chi connectivity index (χ2n) is 5.52. The van der Waals surface area contributed by atoms with E-state index in [2.05, 4.69) is 10.00 Å². The normalized spacial score (nSPS) is 19.2. The molecular weight excluding hydrogens is 280 g/mol. The van der Waals surface area contributed by atoms with E-state index in [9.17, 15) is 4.79 Å². The Morgan fingerprint density at radius 1 is 1.36 bits per heavy atom. The molecule has 0 saturated carbocycles. The van der Waals surface area contributed by atoms with E-state index in [1.165, 1.54) is 5.56 Å². The number of hydrogen-bond acceptors (Lipinski definition) is 4. The first-order valence-electron chi connectivity index (χ1n) is 7.41. The number of nitrogens with zero attached hydrogens (tertiary/aromatic N) is 3. The predicted molar refractivity (Wildman–Crippen MR) is 82.2 cm³/mol. The quantitative estimate of drug-likeness (QED) is 0.890. The lowest BCUT2D eigenvalue weighted by atomic mass is 10.1. The molecule has 1 aromatic carbocycles. The van der Waals surface area contributed by atoms with Crippen LogP contribution in [0.1, 0.15) is 15.9 Å². The van der Waals surface area contributed by atoms with Crippen LogP contribution in [0.5, 0.6) is 0 Å². The van der Waals surface area contributed by atoms with Gasteiger partial charge in [-0.2, -0.15) is 5.10 Å². The summed E-state index contributed by atoms with van der Waals surface area (Å²) < 4.78 is 7.70. The summed E-state index contributed by atoms with van der Waals surface area (Å²) in [6, 6.07) is 9.38. The van der Waals surface area contributed by atoms with Gasteiger partial charge in [-0.1, -0.05) is 12.1 Å². The molecule has 1 aromatic heterocycles. The third kappa shape index (κ3) is 3.72. The van der Waals surface area contributed by atoms with Crippen molar-refractivity contribution in [2.75, 3.05) is 19.7 Å². The Bertz CT molecular complexity index is 610. The minimum Gasteiger partial charge on any atom is -0.374 e. The molecule has 1 fully saturated rings. The number of carbonyl (C=O) groups is 1. The van der Waals surface area contributed by atoms with Crippen molar-refractivity contribution >= 4 is 5.91 Å². The van der Waals surface area contributed by atoms with Gasteiger partial charge in [0.25, 0.3) is 0 Å². The molecule has 0 bridgehead atoms. The first kappa shape index (κ1) is 14.7. The van der Waals surface area contributed by atoms with Gasteiger partial charge < -0.3 is 10.5 Å². The fraction of sp³-hybridized carbons (Fsp3) is 0.375. The average molecular weight is 300 g/mol. The third-order valence-corrected chi connectivity index (χ3v) is 3.82. The van der Waals surface area contributed by atoms with Gasteiger partial charge in [0.15, 0.2) is 0 Å². The number of hydrogen-bond donors (Lipinski definition) is 1. The van der Waals surface area contributed by atoms with Crippen molar-refractivity contribution in [3.05, 3.63) is 53.9 Å². The molecule has 1 atom stereocenters. The number of ether oxygens (including phenoxy) is 1. The average Bonchev–Trinajstić information content (AvgIpc) is 3.01. The summed E-state index contributed by atoms with van der Waals surface area (Å²) in [5, 5.41) is 4.22. The second kappa shape index (κ2) is 6.72. The van der Waals surface area contributed by atoms with Crippen LogP contribution < -0.4 is 5.73 Å². The van der Waals surface area contributed by atoms with E-state index >= 15 is 0 Å². The topological polar surface area (TPSA) is 73.4 Å². The Morgan fingerprint density at radius 2 is 2.18 bits per heavy atom. The lowest BCUT2D eigenvalue weighted by Crippen LogP contribution is -2.43. The number of amides is 1. The third-order valence-electron chi connectivity index (χ3n) is 3.82. The Kier molecular flexibility index (Phi) is 4.50. The van der Waals surface area contributed by atoms with E-state index in [1.807, 2.05) is 29.1 Å². The second-order valence-corrected chi connectivity index (χ2v) is 5.52. The molecule has 1 aliphatic rings. The van der Waals surface area contributed by atoms with E-state index in [4.69, 9.17) is 10.5 Å². The molecule has 2 heterocycles. The van der Waals surface area contributed by atoms with Crippen LogP contribution in [0.25, 0.3) is 0 Å². The predicted octanol–water partition coefficient (Wildman–Crippen LogP) is 0.883. The summed E-state index contributed by atoms with van der Waals surface area (Å²) >= 11 is 0. The Hall–Kier alpha value is -2.18. The molecular formula is C16H20N4O2. The minimum absolute atomic E-state index is 0.151. The zero-order valence-electron chi connectivity index (χ0n) is 12.4. The smallest absolute Gasteiger partial charge is 0.248 e. The van der Waals surface area contributed by atoms with Gasteiger partial charge in [-0.25, -0.2) is 0 Å². The summed E-state index contributed by atoms with van der Waals surface area (Å²) in [6.07, 6.45) is 3.88. The summed E-state index contributed by atoms with van der Waals surface area (Å²) in [5.41, 5.74) is 6.97. The molecule has 3 rings (SSSR count). The van der Waals surface area contributed by atoms with Gasteiger partial charge in [0.2, 0.25) is 5.91 Å². The number of aromatic nitrogens is 2. The monoisotopic (exact) mass is 300 g/mol. The number of morpholine rings is 1. The van der Waals surface area contributed by atoms with Gasteiger partial charge in [0.1, 0.15) is 0 Å². The van der Waals surface area contributed by atoms with Crippen molar-refractivity contribution in [1.29, 1.82) is 0 Å². The largest absolute Gasteiger partial charge is 0.374 e. The number of benzene rings is 1. The van der Waals surface area contributed by atoms with Gasteiger partial charge in [-0.05, 0) is 23.8 Å². The summed E-state index contributed by atoms with van der Waals surface area (Å²) in [5.74, 6) is -0.391. The van der Waals surface area contributed by atoms with Gasteiger partial charge in [-0.3, -0.25) is 14.4 Å². The minimum atomic E-state index is -0.391. The molecule has 2 N–H and O–H groups in total. The SMILES string of the molecule is NC(=O)c1ccc(CN2CCO[C@H](Cn3cccn3)C2)cc1. The molecule has 1 amide bonds. The van der Waals surface area contributed by atoms with Crippen LogP contribution >= 0.6 is 0 Å². The highest BCUT2D eigenvalue weighted by molar-refractivity contribution is 5.92.